The lowest BCUT2D eigenvalue weighted by Gasteiger charge is -2.16. The molecule has 0 aliphatic heterocycles. The van der Waals surface area contributed by atoms with Gasteiger partial charge >= 0.3 is 0 Å². The van der Waals surface area contributed by atoms with E-state index < -0.39 is 0 Å². The van der Waals surface area contributed by atoms with E-state index in [4.69, 9.17) is 9.47 Å². The summed E-state index contributed by atoms with van der Waals surface area (Å²) in [5.74, 6) is 1.37. The van der Waals surface area contributed by atoms with Crippen molar-refractivity contribution in [3.8, 4) is 11.5 Å². The van der Waals surface area contributed by atoms with Crippen LogP contribution in [0.4, 0.5) is 0 Å². The minimum absolute atomic E-state index is 0.0661. The minimum atomic E-state index is -0.0661. The molecule has 0 N–H and O–H groups in total. The van der Waals surface area contributed by atoms with Crippen LogP contribution in [0.1, 0.15) is 28.0 Å². The Morgan fingerprint density at radius 1 is 1.15 bits per heavy atom. The van der Waals surface area contributed by atoms with Gasteiger partial charge in [-0.15, -0.1) is 0 Å². The van der Waals surface area contributed by atoms with E-state index in [2.05, 4.69) is 4.98 Å². The first-order chi connectivity index (χ1) is 13.0. The molecule has 27 heavy (non-hydrogen) atoms. The predicted octanol–water partition coefficient (Wildman–Crippen LogP) is 3.36. The van der Waals surface area contributed by atoms with Gasteiger partial charge in [-0.25, -0.2) is 4.98 Å². The molecule has 0 spiro atoms. The molecule has 0 atom stereocenters. The fourth-order valence-electron chi connectivity index (χ4n) is 3.04. The number of rotatable bonds is 7. The third-order valence-corrected chi connectivity index (χ3v) is 4.59. The molecule has 0 saturated carbocycles. The highest BCUT2D eigenvalue weighted by Gasteiger charge is 2.15. The third kappa shape index (κ3) is 4.22. The van der Waals surface area contributed by atoms with Gasteiger partial charge in [-0.1, -0.05) is 6.07 Å². The van der Waals surface area contributed by atoms with Crippen LogP contribution in [-0.2, 0) is 6.42 Å². The number of imidazole rings is 1. The molecule has 0 bridgehead atoms. The summed E-state index contributed by atoms with van der Waals surface area (Å²) in [6.07, 6.45) is 5.40. The summed E-state index contributed by atoms with van der Waals surface area (Å²) >= 11 is 0. The molecule has 2 aromatic heterocycles. The maximum atomic E-state index is 12.6. The monoisotopic (exact) mass is 367 g/mol. The number of nitrogens with zero attached hydrogens (tertiary/aromatic N) is 3. The minimum Gasteiger partial charge on any atom is -0.493 e. The highest BCUT2D eigenvalue weighted by atomic mass is 16.5. The Labute approximate surface area is 159 Å². The van der Waals surface area contributed by atoms with Crippen molar-refractivity contribution in [3.05, 3.63) is 59.5 Å². The van der Waals surface area contributed by atoms with Gasteiger partial charge in [0, 0.05) is 26.0 Å². The zero-order valence-electron chi connectivity index (χ0n) is 16.2. The normalized spacial score (nSPS) is 10.8. The van der Waals surface area contributed by atoms with Gasteiger partial charge in [0.1, 0.15) is 11.3 Å². The maximum Gasteiger partial charge on any atom is 0.273 e. The smallest absolute Gasteiger partial charge is 0.273 e. The molecule has 0 unspecified atom stereocenters. The second kappa shape index (κ2) is 8.12. The van der Waals surface area contributed by atoms with Crippen molar-refractivity contribution in [1.29, 1.82) is 0 Å². The van der Waals surface area contributed by atoms with Crippen molar-refractivity contribution in [3.63, 3.8) is 0 Å². The van der Waals surface area contributed by atoms with Crippen molar-refractivity contribution in [1.82, 2.24) is 14.3 Å². The summed E-state index contributed by atoms with van der Waals surface area (Å²) in [7, 11) is 5.06. The van der Waals surface area contributed by atoms with Crippen LogP contribution < -0.4 is 9.47 Å². The van der Waals surface area contributed by atoms with Crippen molar-refractivity contribution in [2.24, 2.45) is 0 Å². The zero-order chi connectivity index (χ0) is 19.4. The molecular weight excluding hydrogens is 342 g/mol. The average molecular weight is 367 g/mol. The molecule has 0 aliphatic rings. The van der Waals surface area contributed by atoms with Crippen LogP contribution >= 0.6 is 0 Å². The van der Waals surface area contributed by atoms with Crippen LogP contribution in [0.5, 0.6) is 11.5 Å². The number of benzene rings is 1. The summed E-state index contributed by atoms with van der Waals surface area (Å²) in [4.78, 5) is 18.8. The van der Waals surface area contributed by atoms with Crippen LogP contribution in [0, 0.1) is 6.92 Å². The van der Waals surface area contributed by atoms with Crippen LogP contribution in [0.3, 0.4) is 0 Å². The molecule has 142 valence electrons. The number of hydrogen-bond donors (Lipinski definition) is 0. The van der Waals surface area contributed by atoms with E-state index in [-0.39, 0.29) is 5.91 Å². The number of aryl methyl sites for hydroxylation is 2. The Bertz CT molecular complexity index is 949. The fraction of sp³-hybridized carbons (Fsp3) is 0.333. The van der Waals surface area contributed by atoms with Crippen molar-refractivity contribution < 1.29 is 14.3 Å². The van der Waals surface area contributed by atoms with Gasteiger partial charge in [0.25, 0.3) is 5.91 Å². The van der Waals surface area contributed by atoms with E-state index in [1.165, 1.54) is 0 Å². The Balaban J connectivity index is 1.59. The summed E-state index contributed by atoms with van der Waals surface area (Å²) in [5, 5.41) is 0. The van der Waals surface area contributed by atoms with E-state index >= 15 is 0 Å². The van der Waals surface area contributed by atoms with Gasteiger partial charge in [0.2, 0.25) is 0 Å². The van der Waals surface area contributed by atoms with Gasteiger partial charge in [0.15, 0.2) is 11.5 Å². The van der Waals surface area contributed by atoms with E-state index in [1.54, 1.807) is 25.3 Å². The lowest BCUT2D eigenvalue weighted by atomic mass is 10.1. The number of aromatic nitrogens is 2. The molecule has 0 fully saturated rings. The maximum absolute atomic E-state index is 12.6. The standard InChI is InChI=1S/C21H25N3O3/c1-15-9-11-24-14-17(22-20(24)12-15)21(25)23(2)10-5-6-16-7-8-18(26-3)19(13-16)27-4/h7-9,11-14H,5-6,10H2,1-4H3. The Hall–Kier alpha value is -3.02. The largest absolute Gasteiger partial charge is 0.493 e. The molecule has 0 aliphatic carbocycles. The number of pyridine rings is 1. The first kappa shape index (κ1) is 18.8. The Morgan fingerprint density at radius 2 is 1.93 bits per heavy atom. The Kier molecular flexibility index (Phi) is 5.64. The highest BCUT2D eigenvalue weighted by molar-refractivity contribution is 5.92. The van der Waals surface area contributed by atoms with Crippen molar-refractivity contribution >= 4 is 11.6 Å². The summed E-state index contributed by atoms with van der Waals surface area (Å²) in [6.45, 7) is 2.66. The van der Waals surface area contributed by atoms with E-state index in [9.17, 15) is 4.79 Å². The molecule has 1 aromatic carbocycles. The van der Waals surface area contributed by atoms with E-state index in [1.807, 2.05) is 54.9 Å². The highest BCUT2D eigenvalue weighted by Crippen LogP contribution is 2.28. The molecular formula is C21H25N3O3. The molecule has 0 radical (unpaired) electrons. The molecule has 6 nitrogen and oxygen atoms in total. The molecule has 3 rings (SSSR count). The number of ether oxygens (including phenoxy) is 2. The second-order valence-electron chi connectivity index (χ2n) is 6.62. The van der Waals surface area contributed by atoms with Gasteiger partial charge < -0.3 is 18.8 Å². The van der Waals surface area contributed by atoms with Crippen LogP contribution in [0.2, 0.25) is 0 Å². The van der Waals surface area contributed by atoms with Gasteiger partial charge in [-0.05, 0) is 55.2 Å². The molecule has 6 heteroatoms. The van der Waals surface area contributed by atoms with E-state index in [0.717, 1.165) is 41.1 Å². The first-order valence-electron chi connectivity index (χ1n) is 8.93. The average Bonchev–Trinajstić information content (AvgIpc) is 3.10. The molecule has 3 aromatic rings. The van der Waals surface area contributed by atoms with Gasteiger partial charge in [-0.2, -0.15) is 0 Å². The molecule has 1 amide bonds. The number of hydrogen-bond acceptors (Lipinski definition) is 4. The van der Waals surface area contributed by atoms with E-state index in [0.29, 0.717) is 12.2 Å². The van der Waals surface area contributed by atoms with Crippen molar-refractivity contribution in [2.45, 2.75) is 19.8 Å². The number of carbonyl (C=O) groups is 1. The predicted molar refractivity (Wildman–Crippen MR) is 105 cm³/mol. The van der Waals surface area contributed by atoms with Gasteiger partial charge in [0.05, 0.1) is 14.2 Å². The van der Waals surface area contributed by atoms with Crippen molar-refractivity contribution in [2.75, 3.05) is 27.8 Å². The molecule has 0 saturated heterocycles. The zero-order valence-corrected chi connectivity index (χ0v) is 16.2. The van der Waals surface area contributed by atoms with Crippen LogP contribution in [-0.4, -0.2) is 48.0 Å². The third-order valence-electron chi connectivity index (χ3n) is 4.59. The number of methoxy groups -OCH3 is 2. The number of carbonyl (C=O) groups excluding carboxylic acids is 1. The van der Waals surface area contributed by atoms with Gasteiger partial charge in [-0.3, -0.25) is 4.79 Å². The number of amides is 1. The lowest BCUT2D eigenvalue weighted by Crippen LogP contribution is -2.28. The molecule has 2 heterocycles. The van der Waals surface area contributed by atoms with Crippen LogP contribution in [0.25, 0.3) is 5.65 Å². The first-order valence-corrected chi connectivity index (χ1v) is 8.93. The lowest BCUT2D eigenvalue weighted by molar-refractivity contribution is 0.0788. The quantitative estimate of drug-likeness (QED) is 0.642. The summed E-state index contributed by atoms with van der Waals surface area (Å²) in [6, 6.07) is 9.87. The summed E-state index contributed by atoms with van der Waals surface area (Å²) < 4.78 is 12.5. The SMILES string of the molecule is COc1ccc(CCCN(C)C(=O)c2cn3ccc(C)cc3n2)cc1OC. The fourth-order valence-corrected chi connectivity index (χ4v) is 3.04. The summed E-state index contributed by atoms with van der Waals surface area (Å²) in [5.41, 5.74) is 3.53. The second-order valence-corrected chi connectivity index (χ2v) is 6.62. The Morgan fingerprint density at radius 3 is 2.67 bits per heavy atom. The topological polar surface area (TPSA) is 56.1 Å². The number of fused-ring (bicyclic) bond motifs is 1. The van der Waals surface area contributed by atoms with Crippen LogP contribution in [0.15, 0.2) is 42.7 Å².